The topological polar surface area (TPSA) is 66.0 Å². The van der Waals surface area contributed by atoms with Crippen LogP contribution in [0.2, 0.25) is 0 Å². The summed E-state index contributed by atoms with van der Waals surface area (Å²) < 4.78 is 0. The molecule has 1 aromatic heterocycles. The van der Waals surface area contributed by atoms with Gasteiger partial charge in [0, 0.05) is 0 Å². The Labute approximate surface area is 44.8 Å². The lowest BCUT2D eigenvalue weighted by Crippen LogP contribution is -2.07. The summed E-state index contributed by atoms with van der Waals surface area (Å²) in [6.07, 6.45) is 2.19. The van der Waals surface area contributed by atoms with Crippen molar-refractivity contribution < 1.29 is 5.11 Å². The van der Waals surface area contributed by atoms with Crippen molar-refractivity contribution in [2.24, 2.45) is 0 Å². The van der Waals surface area contributed by atoms with Crippen LogP contribution in [0.3, 0.4) is 0 Å². The standard InChI is InChI=1S/C4H3N2O2/c7-3-1-2-5-4(8)6-3/h1H,(H2,5,6,7,8)/q-1. The first-order valence-electron chi connectivity index (χ1n) is 1.95. The summed E-state index contributed by atoms with van der Waals surface area (Å²) in [5, 5.41) is 8.49. The second kappa shape index (κ2) is 1.65. The van der Waals surface area contributed by atoms with Crippen LogP contribution in [-0.4, -0.2) is 15.1 Å². The zero-order valence-electron chi connectivity index (χ0n) is 3.88. The molecular formula is C4H3N2O2-. The molecule has 0 saturated carbocycles. The van der Waals surface area contributed by atoms with Crippen molar-refractivity contribution in [1.29, 1.82) is 0 Å². The van der Waals surface area contributed by atoms with Crippen LogP contribution in [0.4, 0.5) is 0 Å². The smallest absolute Gasteiger partial charge is 0.230 e. The lowest BCUT2D eigenvalue weighted by molar-refractivity contribution is 0.449. The van der Waals surface area contributed by atoms with E-state index in [9.17, 15) is 4.79 Å². The van der Waals surface area contributed by atoms with Crippen LogP contribution in [0.5, 0.6) is 5.88 Å². The third kappa shape index (κ3) is 0.841. The molecule has 0 unspecified atom stereocenters. The van der Waals surface area contributed by atoms with E-state index in [-0.39, 0.29) is 5.88 Å². The Kier molecular flexibility index (Phi) is 0.997. The predicted molar refractivity (Wildman–Crippen MR) is 25.4 cm³/mol. The quantitative estimate of drug-likeness (QED) is 0.434. The van der Waals surface area contributed by atoms with Gasteiger partial charge in [0.05, 0.1) is 5.88 Å². The van der Waals surface area contributed by atoms with Gasteiger partial charge in [-0.1, -0.05) is 12.3 Å². The fraction of sp³-hybridized carbons (Fsp3) is 0. The lowest BCUT2D eigenvalue weighted by Gasteiger charge is -1.94. The number of nitrogens with zero attached hydrogens (tertiary/aromatic N) is 1. The number of aromatic amines is 1. The molecule has 0 fully saturated rings. The normalized spacial score (nSPS) is 9.00. The minimum Gasteiger partial charge on any atom is -0.551 e. The SMILES string of the molecule is O=c1n[c-]cc(O)[nH]1. The Balaban J connectivity index is 3.28. The molecule has 0 bridgehead atoms. The van der Waals surface area contributed by atoms with Crippen molar-refractivity contribution in [3.8, 4) is 5.88 Å². The van der Waals surface area contributed by atoms with Crippen LogP contribution >= 0.6 is 0 Å². The van der Waals surface area contributed by atoms with Gasteiger partial charge in [-0.25, -0.2) is 0 Å². The highest BCUT2D eigenvalue weighted by Gasteiger charge is 1.71. The fourth-order valence-corrected chi connectivity index (χ4v) is 0.326. The van der Waals surface area contributed by atoms with Gasteiger partial charge in [-0.05, 0) is 0 Å². The molecule has 0 aliphatic heterocycles. The molecule has 0 aliphatic carbocycles. The third-order valence-corrected chi connectivity index (χ3v) is 0.602. The van der Waals surface area contributed by atoms with Gasteiger partial charge in [0.15, 0.2) is 0 Å². The minimum atomic E-state index is -0.593. The molecule has 0 aromatic carbocycles. The van der Waals surface area contributed by atoms with E-state index < -0.39 is 5.69 Å². The Morgan fingerprint density at radius 1 is 1.88 bits per heavy atom. The Morgan fingerprint density at radius 2 is 2.62 bits per heavy atom. The molecule has 0 amide bonds. The van der Waals surface area contributed by atoms with Gasteiger partial charge >= 0.3 is 0 Å². The Bertz CT molecular complexity index is 229. The van der Waals surface area contributed by atoms with Crippen LogP contribution in [-0.2, 0) is 0 Å². The Morgan fingerprint density at radius 3 is 3.00 bits per heavy atom. The molecule has 0 radical (unpaired) electrons. The molecule has 0 saturated heterocycles. The average molecular weight is 111 g/mol. The van der Waals surface area contributed by atoms with Crippen molar-refractivity contribution in [3.05, 3.63) is 22.7 Å². The highest BCUT2D eigenvalue weighted by Crippen LogP contribution is 1.90. The molecule has 8 heavy (non-hydrogen) atoms. The number of aromatic nitrogens is 2. The first kappa shape index (κ1) is 4.83. The zero-order chi connectivity index (χ0) is 5.98. The zero-order valence-corrected chi connectivity index (χ0v) is 3.88. The second-order valence-electron chi connectivity index (χ2n) is 1.20. The number of hydrogen-bond donors (Lipinski definition) is 2. The van der Waals surface area contributed by atoms with Crippen molar-refractivity contribution >= 4 is 0 Å². The maximum atomic E-state index is 10.1. The van der Waals surface area contributed by atoms with Crippen LogP contribution in [0.15, 0.2) is 10.9 Å². The van der Waals surface area contributed by atoms with Crippen LogP contribution in [0.1, 0.15) is 0 Å². The summed E-state index contributed by atoms with van der Waals surface area (Å²) in [4.78, 5) is 15.3. The maximum absolute atomic E-state index is 10.1. The third-order valence-electron chi connectivity index (χ3n) is 0.602. The van der Waals surface area contributed by atoms with E-state index in [0.29, 0.717) is 0 Å². The summed E-state index contributed by atoms with van der Waals surface area (Å²) >= 11 is 0. The highest BCUT2D eigenvalue weighted by molar-refractivity contribution is 4.99. The van der Waals surface area contributed by atoms with Crippen LogP contribution < -0.4 is 5.69 Å². The van der Waals surface area contributed by atoms with Crippen molar-refractivity contribution in [2.45, 2.75) is 0 Å². The predicted octanol–water partition coefficient (Wildman–Crippen LogP) is -0.724. The number of hydrogen-bond acceptors (Lipinski definition) is 3. The molecule has 4 nitrogen and oxygen atoms in total. The number of aromatic hydroxyl groups is 1. The number of nitrogens with one attached hydrogen (secondary N) is 1. The van der Waals surface area contributed by atoms with Gasteiger partial charge in [-0.3, -0.25) is 0 Å². The first-order valence-corrected chi connectivity index (χ1v) is 1.95. The highest BCUT2D eigenvalue weighted by atomic mass is 16.3. The summed E-state index contributed by atoms with van der Waals surface area (Å²) in [6, 6.07) is 1.17. The van der Waals surface area contributed by atoms with Gasteiger partial charge in [0.1, 0.15) is 0 Å². The molecule has 0 aliphatic rings. The largest absolute Gasteiger partial charge is 0.551 e. The van der Waals surface area contributed by atoms with E-state index in [0.717, 1.165) is 0 Å². The average Bonchev–Trinajstić information content (AvgIpc) is 1.64. The molecule has 2 N–H and O–H groups in total. The van der Waals surface area contributed by atoms with Crippen molar-refractivity contribution in [2.75, 3.05) is 0 Å². The second-order valence-corrected chi connectivity index (χ2v) is 1.20. The van der Waals surface area contributed by atoms with E-state index in [4.69, 9.17) is 5.11 Å². The van der Waals surface area contributed by atoms with Gasteiger partial charge in [0.25, 0.3) is 0 Å². The molecule has 0 atom stereocenters. The van der Waals surface area contributed by atoms with Gasteiger partial charge in [-0.15, -0.1) is 0 Å². The molecular weight excluding hydrogens is 108 g/mol. The summed E-state index contributed by atoms with van der Waals surface area (Å²) in [5.74, 6) is -0.218. The van der Waals surface area contributed by atoms with E-state index in [1.165, 1.54) is 6.07 Å². The lowest BCUT2D eigenvalue weighted by atomic mass is 10.6. The molecule has 0 spiro atoms. The summed E-state index contributed by atoms with van der Waals surface area (Å²) in [6.45, 7) is 0. The van der Waals surface area contributed by atoms with E-state index >= 15 is 0 Å². The number of H-pyrrole nitrogens is 1. The van der Waals surface area contributed by atoms with E-state index in [1.54, 1.807) is 0 Å². The van der Waals surface area contributed by atoms with Gasteiger partial charge in [0.2, 0.25) is 5.69 Å². The monoisotopic (exact) mass is 111 g/mol. The van der Waals surface area contributed by atoms with Crippen LogP contribution in [0, 0.1) is 6.20 Å². The van der Waals surface area contributed by atoms with E-state index in [2.05, 4.69) is 11.2 Å². The van der Waals surface area contributed by atoms with Gasteiger partial charge in [-0.2, -0.15) is 0 Å². The minimum absolute atomic E-state index is 0.218. The molecule has 1 aromatic rings. The molecule has 42 valence electrons. The van der Waals surface area contributed by atoms with Gasteiger partial charge < -0.3 is 19.9 Å². The Hall–Kier alpha value is -1.32. The molecule has 4 heteroatoms. The molecule has 1 heterocycles. The van der Waals surface area contributed by atoms with Crippen LogP contribution in [0.25, 0.3) is 0 Å². The maximum Gasteiger partial charge on any atom is 0.230 e. The summed E-state index contributed by atoms with van der Waals surface area (Å²) in [7, 11) is 0. The van der Waals surface area contributed by atoms with Crippen molar-refractivity contribution in [1.82, 2.24) is 9.97 Å². The molecule has 1 rings (SSSR count). The van der Waals surface area contributed by atoms with E-state index in [1.807, 2.05) is 4.98 Å². The fourth-order valence-electron chi connectivity index (χ4n) is 0.326. The first-order chi connectivity index (χ1) is 3.79. The summed E-state index contributed by atoms with van der Waals surface area (Å²) in [5.41, 5.74) is -0.593. The van der Waals surface area contributed by atoms with Crippen molar-refractivity contribution in [3.63, 3.8) is 0 Å². The number of rotatable bonds is 0.